The van der Waals surface area contributed by atoms with Gasteiger partial charge in [-0.05, 0) is 50.0 Å². The van der Waals surface area contributed by atoms with Gasteiger partial charge in [-0.3, -0.25) is 4.79 Å². The average molecular weight is 361 g/mol. The lowest BCUT2D eigenvalue weighted by molar-refractivity contribution is -0.110. The van der Waals surface area contributed by atoms with E-state index in [0.29, 0.717) is 16.8 Å². The van der Waals surface area contributed by atoms with Crippen molar-refractivity contribution in [1.82, 2.24) is 4.98 Å². The second kappa shape index (κ2) is 5.51. The molecule has 8 heteroatoms. The number of nitrogens with two attached hydrogens (primary N) is 1. The molecule has 1 aliphatic carbocycles. The number of carbonyl (C=O) groups is 1. The lowest BCUT2D eigenvalue weighted by atomic mass is 10.0. The van der Waals surface area contributed by atoms with Crippen molar-refractivity contribution < 1.29 is 13.2 Å². The Kier molecular flexibility index (Phi) is 3.56. The topological polar surface area (TPSA) is 102 Å². The van der Waals surface area contributed by atoms with E-state index in [-0.39, 0.29) is 10.8 Å². The van der Waals surface area contributed by atoms with Gasteiger partial charge in [-0.1, -0.05) is 0 Å². The zero-order valence-corrected chi connectivity index (χ0v) is 14.3. The molecule has 24 heavy (non-hydrogen) atoms. The highest BCUT2D eigenvalue weighted by Crippen LogP contribution is 2.36. The number of aryl methyl sites for hydroxylation is 2. The third kappa shape index (κ3) is 2.66. The molecule has 0 spiro atoms. The molecule has 2 aliphatic rings. The molecule has 1 aliphatic heterocycles. The summed E-state index contributed by atoms with van der Waals surface area (Å²) >= 11 is 1.60. The molecule has 0 fully saturated rings. The van der Waals surface area contributed by atoms with Crippen molar-refractivity contribution in [2.75, 3.05) is 5.32 Å². The molecule has 3 N–H and O–H groups in total. The maximum Gasteiger partial charge on any atom is 0.256 e. The first kappa shape index (κ1) is 15.5. The number of sulfonamides is 1. The number of aromatic nitrogens is 1. The number of fused-ring (bicyclic) bond motifs is 2. The van der Waals surface area contributed by atoms with Crippen molar-refractivity contribution in [2.45, 2.75) is 30.6 Å². The molecule has 1 amide bonds. The van der Waals surface area contributed by atoms with Gasteiger partial charge in [-0.15, -0.1) is 11.3 Å². The zero-order chi connectivity index (χ0) is 16.9. The molecular weight excluding hydrogens is 346 g/mol. The van der Waals surface area contributed by atoms with Crippen LogP contribution in [0.5, 0.6) is 0 Å². The van der Waals surface area contributed by atoms with Crippen LogP contribution in [0.25, 0.3) is 11.6 Å². The molecule has 0 unspecified atom stereocenters. The van der Waals surface area contributed by atoms with E-state index in [2.05, 4.69) is 10.3 Å². The van der Waals surface area contributed by atoms with Gasteiger partial charge in [0.05, 0.1) is 16.2 Å². The van der Waals surface area contributed by atoms with Crippen LogP contribution in [-0.2, 0) is 27.7 Å². The Morgan fingerprint density at radius 1 is 1.25 bits per heavy atom. The molecule has 6 nitrogen and oxygen atoms in total. The number of hydrogen-bond acceptors (Lipinski definition) is 5. The number of primary sulfonamides is 1. The first-order valence-electron chi connectivity index (χ1n) is 7.61. The highest BCUT2D eigenvalue weighted by atomic mass is 32.2. The Morgan fingerprint density at radius 3 is 2.79 bits per heavy atom. The van der Waals surface area contributed by atoms with Gasteiger partial charge in [-0.2, -0.15) is 0 Å². The molecule has 4 rings (SSSR count). The molecule has 0 radical (unpaired) electrons. The summed E-state index contributed by atoms with van der Waals surface area (Å²) in [5.74, 6) is -0.259. The monoisotopic (exact) mass is 361 g/mol. The third-order valence-corrected chi connectivity index (χ3v) is 6.25. The summed E-state index contributed by atoms with van der Waals surface area (Å²) < 4.78 is 23.1. The molecule has 1 aromatic heterocycles. The average Bonchev–Trinajstić information content (AvgIpc) is 3.07. The van der Waals surface area contributed by atoms with Crippen LogP contribution in [0.15, 0.2) is 23.1 Å². The maximum absolute atomic E-state index is 12.3. The van der Waals surface area contributed by atoms with Gasteiger partial charge in [0.2, 0.25) is 10.0 Å². The van der Waals surface area contributed by atoms with Crippen LogP contribution in [-0.4, -0.2) is 19.3 Å². The SMILES string of the molecule is NS(=O)(=O)c1ccc2c(c1)C(=Cc1nc3c(s1)CCCC3)C(=O)N2. The van der Waals surface area contributed by atoms with Gasteiger partial charge < -0.3 is 5.32 Å². The summed E-state index contributed by atoms with van der Waals surface area (Å²) in [7, 11) is -3.82. The van der Waals surface area contributed by atoms with Crippen LogP contribution < -0.4 is 10.5 Å². The maximum atomic E-state index is 12.3. The van der Waals surface area contributed by atoms with E-state index in [1.54, 1.807) is 23.5 Å². The normalized spacial score (nSPS) is 18.4. The highest BCUT2D eigenvalue weighted by Gasteiger charge is 2.26. The van der Waals surface area contributed by atoms with Crippen molar-refractivity contribution in [2.24, 2.45) is 5.14 Å². The highest BCUT2D eigenvalue weighted by molar-refractivity contribution is 7.89. The van der Waals surface area contributed by atoms with Crippen molar-refractivity contribution in [3.05, 3.63) is 39.3 Å². The van der Waals surface area contributed by atoms with Crippen LogP contribution in [0.4, 0.5) is 5.69 Å². The molecule has 2 heterocycles. The predicted molar refractivity (Wildman–Crippen MR) is 93.1 cm³/mol. The van der Waals surface area contributed by atoms with E-state index in [1.807, 2.05) is 0 Å². The summed E-state index contributed by atoms with van der Waals surface area (Å²) in [4.78, 5) is 18.1. The number of nitrogens with one attached hydrogen (secondary N) is 1. The van der Waals surface area contributed by atoms with E-state index in [1.165, 1.54) is 23.4 Å². The Labute approximate surface area is 143 Å². The van der Waals surface area contributed by atoms with Gasteiger partial charge in [0.25, 0.3) is 5.91 Å². The second-order valence-electron chi connectivity index (χ2n) is 5.89. The van der Waals surface area contributed by atoms with Gasteiger partial charge in [-0.25, -0.2) is 18.5 Å². The zero-order valence-electron chi connectivity index (χ0n) is 12.7. The minimum absolute atomic E-state index is 0.0120. The number of rotatable bonds is 2. The summed E-state index contributed by atoms with van der Waals surface area (Å²) in [5, 5.41) is 8.71. The minimum Gasteiger partial charge on any atom is -0.321 e. The van der Waals surface area contributed by atoms with Crippen molar-refractivity contribution >= 4 is 44.6 Å². The molecular formula is C16H15N3O3S2. The number of hydrogen-bond donors (Lipinski definition) is 2. The number of carbonyl (C=O) groups excluding carboxylic acids is 1. The van der Waals surface area contributed by atoms with Gasteiger partial charge in [0, 0.05) is 16.1 Å². The van der Waals surface area contributed by atoms with Gasteiger partial charge in [0.1, 0.15) is 5.01 Å². The summed E-state index contributed by atoms with van der Waals surface area (Å²) in [6.07, 6.45) is 6.07. The molecule has 124 valence electrons. The molecule has 0 saturated carbocycles. The van der Waals surface area contributed by atoms with Crippen LogP contribution in [0.1, 0.15) is 34.0 Å². The summed E-state index contributed by atoms with van der Waals surface area (Å²) in [6.45, 7) is 0. The second-order valence-corrected chi connectivity index (χ2v) is 8.57. The van der Waals surface area contributed by atoms with E-state index >= 15 is 0 Å². The van der Waals surface area contributed by atoms with Crippen molar-refractivity contribution in [3.8, 4) is 0 Å². The Hall–Kier alpha value is -2.03. The third-order valence-electron chi connectivity index (χ3n) is 4.23. The van der Waals surface area contributed by atoms with Crippen LogP contribution >= 0.6 is 11.3 Å². The fourth-order valence-electron chi connectivity index (χ4n) is 3.04. The standard InChI is InChI=1S/C16H15N3O3S2/c17-24(21,22)9-5-6-12-10(7-9)11(16(20)19-12)8-15-18-13-3-1-2-4-14(13)23-15/h5-8H,1-4H2,(H,19,20)(H2,17,21,22). The lowest BCUT2D eigenvalue weighted by Gasteiger charge is -2.06. The number of amides is 1. The molecule has 0 atom stereocenters. The van der Waals surface area contributed by atoms with Crippen LogP contribution in [0.3, 0.4) is 0 Å². The quantitative estimate of drug-likeness (QED) is 0.800. The fourth-order valence-corrected chi connectivity index (χ4v) is 4.68. The van der Waals surface area contributed by atoms with Crippen LogP contribution in [0, 0.1) is 0 Å². The number of thiazole rings is 1. The minimum atomic E-state index is -3.82. The van der Waals surface area contributed by atoms with Gasteiger partial charge >= 0.3 is 0 Å². The lowest BCUT2D eigenvalue weighted by Crippen LogP contribution is -2.12. The van der Waals surface area contributed by atoms with Crippen LogP contribution in [0.2, 0.25) is 0 Å². The first-order valence-corrected chi connectivity index (χ1v) is 9.97. The molecule has 1 aromatic carbocycles. The largest absolute Gasteiger partial charge is 0.321 e. The summed E-state index contributed by atoms with van der Waals surface area (Å²) in [5.41, 5.74) is 2.66. The van der Waals surface area contributed by atoms with E-state index in [0.717, 1.165) is 30.0 Å². The fraction of sp³-hybridized carbons (Fsp3) is 0.250. The van der Waals surface area contributed by atoms with Gasteiger partial charge in [0.15, 0.2) is 0 Å². The molecule has 0 saturated heterocycles. The van der Waals surface area contributed by atoms with E-state index < -0.39 is 10.0 Å². The Bertz CT molecular complexity index is 966. The molecule has 0 bridgehead atoms. The van der Waals surface area contributed by atoms with Crippen molar-refractivity contribution in [1.29, 1.82) is 0 Å². The summed E-state index contributed by atoms with van der Waals surface area (Å²) in [6, 6.07) is 4.38. The predicted octanol–water partition coefficient (Wildman–Crippen LogP) is 2.16. The number of nitrogens with zero attached hydrogens (tertiary/aromatic N) is 1. The Balaban J connectivity index is 1.79. The van der Waals surface area contributed by atoms with E-state index in [4.69, 9.17) is 5.14 Å². The molecule has 2 aromatic rings. The number of anilines is 1. The van der Waals surface area contributed by atoms with E-state index in [9.17, 15) is 13.2 Å². The van der Waals surface area contributed by atoms with Crippen molar-refractivity contribution in [3.63, 3.8) is 0 Å². The Morgan fingerprint density at radius 2 is 2.04 bits per heavy atom. The smallest absolute Gasteiger partial charge is 0.256 e. The number of benzene rings is 1. The first-order chi connectivity index (χ1) is 11.4.